The fraction of sp³-hybridized carbons (Fsp3) is 0.125. The Bertz CT molecular complexity index is 1670. The van der Waals surface area contributed by atoms with Crippen molar-refractivity contribution in [3.8, 4) is 0 Å². The molecule has 2 heterocycles. The van der Waals surface area contributed by atoms with E-state index in [2.05, 4.69) is 5.32 Å². The van der Waals surface area contributed by atoms with Crippen LogP contribution in [0.1, 0.15) is 31.8 Å². The zero-order chi connectivity index (χ0) is 31.9. The Morgan fingerprint density at radius 1 is 0.756 bits per heavy atom. The van der Waals surface area contributed by atoms with Gasteiger partial charge < -0.3 is 19.9 Å². The van der Waals surface area contributed by atoms with Crippen LogP contribution in [0.5, 0.6) is 0 Å². The van der Waals surface area contributed by atoms with Crippen LogP contribution in [0, 0.1) is 0 Å². The third-order valence-electron chi connectivity index (χ3n) is 6.82. The Morgan fingerprint density at radius 2 is 1.29 bits per heavy atom. The van der Waals surface area contributed by atoms with Gasteiger partial charge in [-0.25, -0.2) is 19.4 Å². The van der Waals surface area contributed by atoms with E-state index >= 15 is 0 Å². The smallest absolute Gasteiger partial charge is 0.433 e. The molecule has 0 radical (unpaired) electrons. The summed E-state index contributed by atoms with van der Waals surface area (Å²) in [6, 6.07) is 21.5. The van der Waals surface area contributed by atoms with E-state index < -0.39 is 54.2 Å². The van der Waals surface area contributed by atoms with Crippen molar-refractivity contribution >= 4 is 35.9 Å². The molecule has 5 amide bonds. The van der Waals surface area contributed by atoms with Crippen molar-refractivity contribution in [2.75, 3.05) is 6.54 Å². The van der Waals surface area contributed by atoms with Gasteiger partial charge in [-0.05, 0) is 35.4 Å². The first kappa shape index (κ1) is 30.2. The Labute approximate surface area is 256 Å². The number of hydrogen-bond acceptors (Lipinski definition) is 8. The number of allylic oxidation sites excluding steroid dienone is 2. The molecular weight excluding hydrogens is 584 g/mol. The Morgan fingerprint density at radius 3 is 1.84 bits per heavy atom. The number of fused-ring (bicyclic) bond motifs is 1. The first-order valence-corrected chi connectivity index (χ1v) is 13.6. The number of imide groups is 1. The highest BCUT2D eigenvalue weighted by molar-refractivity contribution is 6.23. The Balaban J connectivity index is 1.42. The number of nitrogens with one attached hydrogen (secondary N) is 1. The Kier molecular flexibility index (Phi) is 8.99. The van der Waals surface area contributed by atoms with Gasteiger partial charge in [-0.2, -0.15) is 5.01 Å². The minimum atomic E-state index is -1.81. The van der Waals surface area contributed by atoms with Crippen molar-refractivity contribution in [3.05, 3.63) is 131 Å². The molecule has 2 aliphatic rings. The van der Waals surface area contributed by atoms with Crippen molar-refractivity contribution in [2.24, 2.45) is 0 Å². The monoisotopic (exact) mass is 610 g/mol. The lowest BCUT2D eigenvalue weighted by Crippen LogP contribution is -2.60. The first-order chi connectivity index (χ1) is 21.8. The highest BCUT2D eigenvalue weighted by atomic mass is 16.6. The molecule has 45 heavy (non-hydrogen) atoms. The number of carbonyl (C=O) groups excluding carboxylic acids is 5. The molecule has 228 valence electrons. The number of alkyl carbamates (subject to hydrolysis) is 1. The third kappa shape index (κ3) is 6.57. The van der Waals surface area contributed by atoms with Gasteiger partial charge in [-0.1, -0.05) is 72.8 Å². The maximum atomic E-state index is 14.2. The van der Waals surface area contributed by atoms with Crippen molar-refractivity contribution < 1.29 is 43.3 Å². The van der Waals surface area contributed by atoms with E-state index in [4.69, 9.17) is 9.47 Å². The molecule has 1 atom stereocenters. The number of carbonyl (C=O) groups is 6. The van der Waals surface area contributed by atoms with Crippen LogP contribution in [-0.2, 0) is 32.3 Å². The highest BCUT2D eigenvalue weighted by Crippen LogP contribution is 2.27. The summed E-state index contributed by atoms with van der Waals surface area (Å²) in [4.78, 5) is 79.8. The molecule has 0 fully saturated rings. The lowest BCUT2D eigenvalue weighted by atomic mass is 10.1. The van der Waals surface area contributed by atoms with Crippen LogP contribution in [-0.4, -0.2) is 68.5 Å². The van der Waals surface area contributed by atoms with Crippen molar-refractivity contribution in [3.63, 3.8) is 0 Å². The second-order valence-electron chi connectivity index (χ2n) is 9.72. The number of carboxylic acid groups (broad SMARTS) is 1. The molecule has 0 aromatic heterocycles. The molecule has 0 saturated carbocycles. The van der Waals surface area contributed by atoms with Gasteiger partial charge in [0.2, 0.25) is 0 Å². The number of ether oxygens (including phenoxy) is 2. The molecule has 0 bridgehead atoms. The zero-order valence-corrected chi connectivity index (χ0v) is 23.6. The minimum absolute atomic E-state index is 0.0126. The summed E-state index contributed by atoms with van der Waals surface area (Å²) in [5, 5.41) is 13.4. The van der Waals surface area contributed by atoms with E-state index in [1.54, 1.807) is 60.7 Å². The predicted octanol–water partition coefficient (Wildman–Crippen LogP) is 3.46. The van der Waals surface area contributed by atoms with Gasteiger partial charge in [-0.15, -0.1) is 0 Å². The third-order valence-corrected chi connectivity index (χ3v) is 6.82. The quantitative estimate of drug-likeness (QED) is 0.346. The van der Waals surface area contributed by atoms with Gasteiger partial charge in [-0.3, -0.25) is 19.3 Å². The summed E-state index contributed by atoms with van der Waals surface area (Å²) in [6.45, 7) is -0.977. The topological polar surface area (TPSA) is 163 Å². The number of hydrogen-bond donors (Lipinski definition) is 2. The summed E-state index contributed by atoms with van der Waals surface area (Å²) in [7, 11) is 0. The van der Waals surface area contributed by atoms with Gasteiger partial charge in [0, 0.05) is 6.20 Å². The molecule has 3 aromatic rings. The van der Waals surface area contributed by atoms with E-state index in [1.165, 1.54) is 30.3 Å². The number of hydrazine groups is 1. The lowest BCUT2D eigenvalue weighted by molar-refractivity contribution is -0.150. The lowest BCUT2D eigenvalue weighted by Gasteiger charge is -2.37. The number of rotatable bonds is 9. The molecule has 5 rings (SSSR count). The largest absolute Gasteiger partial charge is 0.477 e. The minimum Gasteiger partial charge on any atom is -0.477 e. The number of aliphatic carboxylic acids is 1. The van der Waals surface area contributed by atoms with Gasteiger partial charge in [0.05, 0.1) is 17.7 Å². The second-order valence-corrected chi connectivity index (χ2v) is 9.72. The second kappa shape index (κ2) is 13.4. The maximum Gasteiger partial charge on any atom is 0.433 e. The van der Waals surface area contributed by atoms with Gasteiger partial charge in [0.25, 0.3) is 17.7 Å². The number of amides is 5. The average molecular weight is 611 g/mol. The average Bonchev–Trinajstić information content (AvgIpc) is 3.32. The molecule has 13 nitrogen and oxygen atoms in total. The molecule has 3 aromatic carbocycles. The van der Waals surface area contributed by atoms with Crippen LogP contribution in [0.15, 0.2) is 109 Å². The highest BCUT2D eigenvalue weighted by Gasteiger charge is 2.47. The normalized spacial score (nSPS) is 14.4. The van der Waals surface area contributed by atoms with Gasteiger partial charge >= 0.3 is 18.2 Å². The van der Waals surface area contributed by atoms with E-state index in [0.717, 1.165) is 12.3 Å². The van der Waals surface area contributed by atoms with Crippen LogP contribution in [0.2, 0.25) is 0 Å². The van der Waals surface area contributed by atoms with Crippen LogP contribution in [0.3, 0.4) is 0 Å². The molecule has 1 unspecified atom stereocenters. The summed E-state index contributed by atoms with van der Waals surface area (Å²) >= 11 is 0. The number of benzene rings is 3. The summed E-state index contributed by atoms with van der Waals surface area (Å²) in [5.41, 5.74) is 0.659. The molecule has 0 aliphatic carbocycles. The summed E-state index contributed by atoms with van der Waals surface area (Å²) in [6.07, 6.45) is 1.28. The van der Waals surface area contributed by atoms with Gasteiger partial charge in [0.15, 0.2) is 5.70 Å². The molecule has 0 spiro atoms. The molecular formula is C32H26N4O9. The fourth-order valence-electron chi connectivity index (χ4n) is 4.66. The van der Waals surface area contributed by atoms with Crippen molar-refractivity contribution in [2.45, 2.75) is 19.3 Å². The van der Waals surface area contributed by atoms with Crippen LogP contribution in [0.4, 0.5) is 9.59 Å². The van der Waals surface area contributed by atoms with Crippen molar-refractivity contribution in [1.82, 2.24) is 20.2 Å². The summed E-state index contributed by atoms with van der Waals surface area (Å²) in [5.74, 6) is -4.48. The van der Waals surface area contributed by atoms with Crippen molar-refractivity contribution in [1.29, 1.82) is 0 Å². The van der Waals surface area contributed by atoms with Crippen LogP contribution < -0.4 is 5.32 Å². The standard InChI is InChI=1S/C32H26N4O9/c37-27-23-14-7-8-15-24(23)28(38)35(27)26(18-33-31(42)44-19-21-10-3-1-4-11-21)29(39)36-25(30(40)41)16-9-17-34(36)32(43)45-20-22-12-5-2-6-13-22/h1-17,26H,18-20H2,(H,33,42)(H,40,41). The molecule has 2 N–H and O–H groups in total. The Hall–Kier alpha value is -6.24. The number of nitrogens with zero attached hydrogens (tertiary/aromatic N) is 3. The SMILES string of the molecule is O=C(NCC(C(=O)N1C(C(=O)O)=CC=CN1C(=O)OCc1ccccc1)N1C(=O)c2ccccc2C1=O)OCc1ccccc1. The van der Waals surface area contributed by atoms with E-state index in [9.17, 15) is 33.9 Å². The maximum absolute atomic E-state index is 14.2. The van der Waals surface area contributed by atoms with E-state index in [0.29, 0.717) is 26.0 Å². The zero-order valence-electron chi connectivity index (χ0n) is 23.6. The molecule has 0 saturated heterocycles. The molecule has 2 aliphatic heterocycles. The van der Waals surface area contributed by atoms with Crippen LogP contribution >= 0.6 is 0 Å². The van der Waals surface area contributed by atoms with E-state index in [1.807, 2.05) is 0 Å². The van der Waals surface area contributed by atoms with Crippen LogP contribution in [0.25, 0.3) is 0 Å². The van der Waals surface area contributed by atoms with Gasteiger partial charge in [0.1, 0.15) is 19.3 Å². The molecule has 13 heteroatoms. The summed E-state index contributed by atoms with van der Waals surface area (Å²) < 4.78 is 10.5. The number of carboxylic acids is 1. The first-order valence-electron chi connectivity index (χ1n) is 13.6. The van der Waals surface area contributed by atoms with E-state index in [-0.39, 0.29) is 24.3 Å². The predicted molar refractivity (Wildman–Crippen MR) is 156 cm³/mol. The fourth-order valence-corrected chi connectivity index (χ4v) is 4.66.